The maximum Gasteiger partial charge on any atom is 0.231 e. The van der Waals surface area contributed by atoms with Crippen molar-refractivity contribution in [2.45, 2.75) is 31.2 Å². The second-order valence-electron chi connectivity index (χ2n) is 5.76. The summed E-state index contributed by atoms with van der Waals surface area (Å²) in [6.07, 6.45) is 3.75. The van der Waals surface area contributed by atoms with E-state index in [2.05, 4.69) is 10.1 Å². The van der Waals surface area contributed by atoms with E-state index < -0.39 is 0 Å². The third-order valence-corrected chi connectivity index (χ3v) is 4.74. The van der Waals surface area contributed by atoms with Gasteiger partial charge in [0.1, 0.15) is 0 Å². The molecule has 0 radical (unpaired) electrons. The number of hydrogen-bond donors (Lipinski definition) is 1. The van der Waals surface area contributed by atoms with Gasteiger partial charge in [-0.2, -0.15) is 4.98 Å². The van der Waals surface area contributed by atoms with Crippen LogP contribution in [-0.2, 0) is 0 Å². The molecule has 2 saturated carbocycles. The van der Waals surface area contributed by atoms with Gasteiger partial charge >= 0.3 is 0 Å². The maximum absolute atomic E-state index is 6.32. The predicted molar refractivity (Wildman–Crippen MR) is 78.5 cm³/mol. The molecule has 0 saturated heterocycles. The van der Waals surface area contributed by atoms with Gasteiger partial charge in [-0.15, -0.1) is 12.4 Å². The molecule has 4 nitrogen and oxygen atoms in total. The number of nitrogens with two attached hydrogens (primary N) is 1. The Bertz CT molecular complexity index is 584. The lowest BCUT2D eigenvalue weighted by Crippen LogP contribution is -2.34. The van der Waals surface area contributed by atoms with Gasteiger partial charge in [0.2, 0.25) is 11.7 Å². The van der Waals surface area contributed by atoms with E-state index in [9.17, 15) is 0 Å². The van der Waals surface area contributed by atoms with Gasteiger partial charge in [-0.05, 0) is 31.1 Å². The van der Waals surface area contributed by atoms with Gasteiger partial charge in [0.05, 0.1) is 5.92 Å². The highest BCUT2D eigenvalue weighted by Gasteiger charge is 2.48. The SMILES string of the molecule is Cl.NC1C2CCC(C2)C1c1nc(-c2ccccc2)no1. The van der Waals surface area contributed by atoms with Crippen LogP contribution in [0, 0.1) is 11.8 Å². The van der Waals surface area contributed by atoms with Crippen molar-refractivity contribution in [3.8, 4) is 11.4 Å². The van der Waals surface area contributed by atoms with Crippen molar-refractivity contribution in [2.75, 3.05) is 0 Å². The predicted octanol–water partition coefficient (Wildman–Crippen LogP) is 3.00. The van der Waals surface area contributed by atoms with Crippen molar-refractivity contribution in [3.05, 3.63) is 36.2 Å². The number of fused-ring (bicyclic) bond motifs is 2. The van der Waals surface area contributed by atoms with Crippen LogP contribution in [0.25, 0.3) is 11.4 Å². The van der Waals surface area contributed by atoms with Gasteiger partial charge in [-0.3, -0.25) is 0 Å². The lowest BCUT2D eigenvalue weighted by molar-refractivity contribution is 0.279. The highest BCUT2D eigenvalue weighted by molar-refractivity contribution is 5.85. The molecule has 5 heteroatoms. The molecule has 0 aliphatic heterocycles. The smallest absolute Gasteiger partial charge is 0.231 e. The third kappa shape index (κ3) is 2.03. The first-order chi connectivity index (χ1) is 9.33. The molecular weight excluding hydrogens is 274 g/mol. The standard InChI is InChI=1S/C15H17N3O.ClH/c16-13-11-7-6-10(8-11)12(13)15-17-14(18-19-15)9-4-2-1-3-5-9;/h1-5,10-13H,6-8,16H2;1H. The van der Waals surface area contributed by atoms with Crippen LogP contribution in [0.1, 0.15) is 31.1 Å². The van der Waals surface area contributed by atoms with Crippen LogP contribution >= 0.6 is 12.4 Å². The first-order valence-corrected chi connectivity index (χ1v) is 6.97. The maximum atomic E-state index is 6.32. The zero-order valence-corrected chi connectivity index (χ0v) is 11.9. The van der Waals surface area contributed by atoms with E-state index in [0.717, 1.165) is 11.5 Å². The van der Waals surface area contributed by atoms with Gasteiger partial charge in [0, 0.05) is 11.6 Å². The van der Waals surface area contributed by atoms with Crippen LogP contribution in [0.4, 0.5) is 0 Å². The summed E-state index contributed by atoms with van der Waals surface area (Å²) in [6.45, 7) is 0. The molecular formula is C15H18ClN3O. The van der Waals surface area contributed by atoms with Gasteiger partial charge in [0.25, 0.3) is 0 Å². The summed E-state index contributed by atoms with van der Waals surface area (Å²) in [5.41, 5.74) is 7.31. The van der Waals surface area contributed by atoms with Crippen LogP contribution < -0.4 is 5.73 Å². The largest absolute Gasteiger partial charge is 0.339 e. The molecule has 2 bridgehead atoms. The number of aromatic nitrogens is 2. The highest BCUT2D eigenvalue weighted by Crippen LogP contribution is 2.51. The Morgan fingerprint density at radius 2 is 1.85 bits per heavy atom. The molecule has 2 aromatic rings. The number of hydrogen-bond acceptors (Lipinski definition) is 4. The molecule has 2 N–H and O–H groups in total. The average molecular weight is 292 g/mol. The van der Waals surface area contributed by atoms with E-state index in [-0.39, 0.29) is 24.4 Å². The second kappa shape index (κ2) is 5.19. The fourth-order valence-electron chi connectivity index (χ4n) is 3.78. The normalized spacial score (nSPS) is 31.2. The minimum Gasteiger partial charge on any atom is -0.339 e. The van der Waals surface area contributed by atoms with Gasteiger partial charge < -0.3 is 10.3 Å². The third-order valence-electron chi connectivity index (χ3n) is 4.74. The minimum absolute atomic E-state index is 0. The molecule has 2 aliphatic rings. The van der Waals surface area contributed by atoms with Crippen LogP contribution in [0.15, 0.2) is 34.9 Å². The second-order valence-corrected chi connectivity index (χ2v) is 5.76. The van der Waals surface area contributed by atoms with Gasteiger partial charge in [0.15, 0.2) is 0 Å². The topological polar surface area (TPSA) is 64.9 Å². The fraction of sp³-hybridized carbons (Fsp3) is 0.467. The molecule has 0 spiro atoms. The van der Waals surface area contributed by atoms with E-state index in [1.807, 2.05) is 30.3 Å². The van der Waals surface area contributed by atoms with Crippen molar-refractivity contribution in [1.29, 1.82) is 0 Å². The fourth-order valence-corrected chi connectivity index (χ4v) is 3.78. The molecule has 2 aliphatic carbocycles. The van der Waals surface area contributed by atoms with E-state index in [4.69, 9.17) is 10.3 Å². The number of benzene rings is 1. The Labute approximate surface area is 124 Å². The van der Waals surface area contributed by atoms with Gasteiger partial charge in [-0.25, -0.2) is 0 Å². The summed E-state index contributed by atoms with van der Waals surface area (Å²) < 4.78 is 5.48. The van der Waals surface area contributed by atoms with Crippen molar-refractivity contribution in [1.82, 2.24) is 10.1 Å². The molecule has 4 unspecified atom stereocenters. The van der Waals surface area contributed by atoms with E-state index in [1.54, 1.807) is 0 Å². The lowest BCUT2D eigenvalue weighted by atomic mass is 9.85. The summed E-state index contributed by atoms with van der Waals surface area (Å²) in [7, 11) is 0. The Morgan fingerprint density at radius 3 is 2.55 bits per heavy atom. The summed E-state index contributed by atoms with van der Waals surface area (Å²) in [5, 5.41) is 4.11. The van der Waals surface area contributed by atoms with Crippen molar-refractivity contribution in [2.24, 2.45) is 17.6 Å². The number of halogens is 1. The summed E-state index contributed by atoms with van der Waals surface area (Å²) >= 11 is 0. The first-order valence-electron chi connectivity index (χ1n) is 6.97. The molecule has 20 heavy (non-hydrogen) atoms. The summed E-state index contributed by atoms with van der Waals surface area (Å²) in [5.74, 6) is 2.97. The molecule has 1 aromatic carbocycles. The molecule has 2 fully saturated rings. The van der Waals surface area contributed by atoms with Crippen molar-refractivity contribution >= 4 is 12.4 Å². The quantitative estimate of drug-likeness (QED) is 0.924. The van der Waals surface area contributed by atoms with Crippen LogP contribution in [0.2, 0.25) is 0 Å². The average Bonchev–Trinajstić information content (AvgIpc) is 3.14. The number of rotatable bonds is 2. The molecule has 1 heterocycles. The van der Waals surface area contributed by atoms with Crippen LogP contribution in [0.5, 0.6) is 0 Å². The van der Waals surface area contributed by atoms with E-state index in [0.29, 0.717) is 17.7 Å². The molecule has 0 amide bonds. The Morgan fingerprint density at radius 1 is 1.10 bits per heavy atom. The molecule has 4 atom stereocenters. The summed E-state index contributed by atoms with van der Waals surface area (Å²) in [6, 6.07) is 10.1. The summed E-state index contributed by atoms with van der Waals surface area (Å²) in [4.78, 5) is 4.57. The Balaban J connectivity index is 0.00000121. The Hall–Kier alpha value is -1.39. The molecule has 4 rings (SSSR count). The van der Waals surface area contributed by atoms with E-state index in [1.165, 1.54) is 19.3 Å². The van der Waals surface area contributed by atoms with E-state index >= 15 is 0 Å². The van der Waals surface area contributed by atoms with Crippen molar-refractivity contribution < 1.29 is 4.52 Å². The first kappa shape index (κ1) is 13.6. The zero-order valence-electron chi connectivity index (χ0n) is 11.1. The van der Waals surface area contributed by atoms with Crippen molar-refractivity contribution in [3.63, 3.8) is 0 Å². The molecule has 1 aromatic heterocycles. The monoisotopic (exact) mass is 291 g/mol. The highest BCUT2D eigenvalue weighted by atomic mass is 35.5. The Kier molecular flexibility index (Phi) is 3.52. The van der Waals surface area contributed by atoms with Gasteiger partial charge in [-0.1, -0.05) is 35.5 Å². The lowest BCUT2D eigenvalue weighted by Gasteiger charge is -2.24. The minimum atomic E-state index is 0. The zero-order chi connectivity index (χ0) is 12.8. The van der Waals surface area contributed by atoms with Crippen LogP contribution in [0.3, 0.4) is 0 Å². The van der Waals surface area contributed by atoms with Crippen LogP contribution in [-0.4, -0.2) is 16.2 Å². The number of nitrogens with zero attached hydrogens (tertiary/aromatic N) is 2. The molecule has 106 valence electrons.